The van der Waals surface area contributed by atoms with Crippen LogP contribution in [-0.4, -0.2) is 68.4 Å². The van der Waals surface area contributed by atoms with Crippen molar-refractivity contribution in [3.8, 4) is 11.5 Å². The highest BCUT2D eigenvalue weighted by Gasteiger charge is 2.39. The number of fused-ring (bicyclic) bond motifs is 1. The van der Waals surface area contributed by atoms with Crippen molar-refractivity contribution in [3.63, 3.8) is 0 Å². The van der Waals surface area contributed by atoms with Gasteiger partial charge in [0.05, 0.1) is 17.5 Å². The number of amides is 2. The highest BCUT2D eigenvalue weighted by Crippen LogP contribution is 2.35. The molecule has 1 fully saturated rings. The van der Waals surface area contributed by atoms with Crippen molar-refractivity contribution in [3.05, 3.63) is 83.9 Å². The highest BCUT2D eigenvalue weighted by molar-refractivity contribution is 7.89. The Hall–Kier alpha value is -4.13. The van der Waals surface area contributed by atoms with Crippen LogP contribution in [0, 0.1) is 11.8 Å². The first-order valence-corrected chi connectivity index (χ1v) is 16.9. The lowest BCUT2D eigenvalue weighted by atomic mass is 9.94. The third-order valence-electron chi connectivity index (χ3n) is 8.15. The average Bonchev–Trinajstić information content (AvgIpc) is 3.67. The number of sulfonamides is 1. The molecule has 0 bridgehead atoms. The second-order valence-electron chi connectivity index (χ2n) is 12.3. The number of hydrogen-bond acceptors (Lipinski definition) is 8. The van der Waals surface area contributed by atoms with Gasteiger partial charge in [-0.25, -0.2) is 13.2 Å². The van der Waals surface area contributed by atoms with E-state index < -0.39 is 40.3 Å². The van der Waals surface area contributed by atoms with Gasteiger partial charge in [-0.1, -0.05) is 63.2 Å². The first kappa shape index (κ1) is 33.2. The van der Waals surface area contributed by atoms with Crippen LogP contribution in [-0.2, 0) is 26.0 Å². The molecule has 46 heavy (non-hydrogen) atoms. The molecule has 0 spiro atoms. The van der Waals surface area contributed by atoms with E-state index in [1.54, 1.807) is 37.3 Å². The summed E-state index contributed by atoms with van der Waals surface area (Å²) in [6.07, 6.45) is -1.90. The van der Waals surface area contributed by atoms with Crippen LogP contribution in [0.5, 0.6) is 11.5 Å². The summed E-state index contributed by atoms with van der Waals surface area (Å²) in [4.78, 5) is 27.9. The number of ether oxygens (including phenoxy) is 3. The zero-order valence-corrected chi connectivity index (χ0v) is 27.3. The molecule has 246 valence electrons. The Morgan fingerprint density at radius 1 is 0.978 bits per heavy atom. The number of hydrogen-bond donors (Lipinski definition) is 2. The van der Waals surface area contributed by atoms with E-state index in [0.29, 0.717) is 29.2 Å². The number of rotatable bonds is 13. The Morgan fingerprint density at radius 3 is 2.35 bits per heavy atom. The highest BCUT2D eigenvalue weighted by atomic mass is 32.2. The lowest BCUT2D eigenvalue weighted by Crippen LogP contribution is -2.50. The van der Waals surface area contributed by atoms with E-state index in [9.17, 15) is 23.1 Å². The topological polar surface area (TPSA) is 135 Å². The maximum Gasteiger partial charge on any atom is 0.415 e. The van der Waals surface area contributed by atoms with Gasteiger partial charge in [0.15, 0.2) is 17.6 Å². The van der Waals surface area contributed by atoms with Crippen molar-refractivity contribution in [2.24, 2.45) is 11.8 Å². The van der Waals surface area contributed by atoms with Crippen LogP contribution < -0.4 is 19.7 Å². The Balaban J connectivity index is 1.34. The van der Waals surface area contributed by atoms with Crippen molar-refractivity contribution in [1.82, 2.24) is 9.62 Å². The van der Waals surface area contributed by atoms with E-state index in [4.69, 9.17) is 14.2 Å². The Labute approximate surface area is 270 Å². The molecule has 5 rings (SSSR count). The fraction of sp³-hybridized carbons (Fsp3) is 0.412. The monoisotopic (exact) mass is 651 g/mol. The number of nitrogens with zero attached hydrogens (tertiary/aromatic N) is 2. The molecule has 1 saturated heterocycles. The molecule has 2 amide bonds. The lowest BCUT2D eigenvalue weighted by molar-refractivity contribution is -0.128. The fourth-order valence-electron chi connectivity index (χ4n) is 5.59. The van der Waals surface area contributed by atoms with Gasteiger partial charge in [-0.2, -0.15) is 4.31 Å². The van der Waals surface area contributed by atoms with Crippen LogP contribution >= 0.6 is 0 Å². The quantitative estimate of drug-likeness (QED) is 0.276. The van der Waals surface area contributed by atoms with Crippen LogP contribution in [0.1, 0.15) is 44.9 Å². The number of carbonyl (C=O) groups is 2. The van der Waals surface area contributed by atoms with Crippen molar-refractivity contribution >= 4 is 27.7 Å². The minimum Gasteiger partial charge on any atom is -0.454 e. The second-order valence-corrected chi connectivity index (χ2v) is 14.2. The van der Waals surface area contributed by atoms with E-state index >= 15 is 0 Å². The summed E-state index contributed by atoms with van der Waals surface area (Å²) in [6.45, 7) is 7.94. The van der Waals surface area contributed by atoms with Crippen LogP contribution in [0.4, 0.5) is 10.5 Å². The van der Waals surface area contributed by atoms with Gasteiger partial charge >= 0.3 is 6.09 Å². The van der Waals surface area contributed by atoms with Gasteiger partial charge in [-0.3, -0.25) is 9.69 Å². The van der Waals surface area contributed by atoms with Gasteiger partial charge in [0.1, 0.15) is 0 Å². The molecular weight excluding hydrogens is 610 g/mol. The first-order valence-electron chi connectivity index (χ1n) is 15.4. The molecule has 3 aromatic rings. The maximum absolute atomic E-state index is 13.9. The summed E-state index contributed by atoms with van der Waals surface area (Å²) in [5.74, 6) is 0.131. The molecular formula is C34H41N3O8S. The third-order valence-corrected chi connectivity index (χ3v) is 9.97. The van der Waals surface area contributed by atoms with Gasteiger partial charge in [0, 0.05) is 30.9 Å². The summed E-state index contributed by atoms with van der Waals surface area (Å²) in [7, 11) is -3.92. The largest absolute Gasteiger partial charge is 0.454 e. The van der Waals surface area contributed by atoms with E-state index in [1.807, 2.05) is 51.1 Å². The van der Waals surface area contributed by atoms with Gasteiger partial charge in [-0.15, -0.1) is 0 Å². The van der Waals surface area contributed by atoms with Crippen LogP contribution in [0.15, 0.2) is 77.7 Å². The van der Waals surface area contributed by atoms with E-state index in [1.165, 1.54) is 21.3 Å². The normalized spacial score (nSPS) is 18.0. The minimum absolute atomic E-state index is 0.0170. The van der Waals surface area contributed by atoms with Gasteiger partial charge in [-0.05, 0) is 60.6 Å². The molecule has 12 heteroatoms. The molecule has 2 N–H and O–H groups in total. The summed E-state index contributed by atoms with van der Waals surface area (Å²) in [6, 6.07) is 20.6. The third kappa shape index (κ3) is 7.63. The lowest BCUT2D eigenvalue weighted by Gasteiger charge is -2.32. The molecule has 4 atom stereocenters. The number of nitrogens with one attached hydrogen (secondary N) is 1. The zero-order chi connectivity index (χ0) is 33.0. The SMILES string of the molecule is CC(C)CN(C[C@@H](C)[C@H](Cc1ccccc1)NC(=O)[C@@H]1CN(c2ccc(C(C)O)cc2)C(=O)O1)S(=O)(=O)c1ccc2c(c1)OCO2. The molecule has 0 radical (unpaired) electrons. The standard InChI is InChI=1S/C34H41N3O8S/c1-22(2)18-36(46(41,42)28-14-15-30-31(17-28)44-21-43-30)19-23(3)29(16-25-8-6-5-7-9-25)35-33(39)32-20-37(34(40)45-32)27-12-10-26(11-13-27)24(4)38/h5-15,17,22-24,29,32,38H,16,18-21H2,1-4H3,(H,35,39)/t23-,24?,29+,32+/m1/s1. The van der Waals surface area contributed by atoms with Crippen LogP contribution in [0.25, 0.3) is 0 Å². The fourth-order valence-corrected chi connectivity index (χ4v) is 7.31. The molecule has 2 aliphatic heterocycles. The van der Waals surface area contributed by atoms with Crippen LogP contribution in [0.3, 0.4) is 0 Å². The van der Waals surface area contributed by atoms with Crippen molar-refractivity contribution in [1.29, 1.82) is 0 Å². The second kappa shape index (κ2) is 14.1. The van der Waals surface area contributed by atoms with Crippen molar-refractivity contribution in [2.75, 3.05) is 31.3 Å². The van der Waals surface area contributed by atoms with Gasteiger partial charge in [0.2, 0.25) is 16.8 Å². The summed E-state index contributed by atoms with van der Waals surface area (Å²) in [5.41, 5.74) is 2.23. The average molecular weight is 652 g/mol. The molecule has 2 heterocycles. The van der Waals surface area contributed by atoms with E-state index in [-0.39, 0.29) is 43.2 Å². The van der Waals surface area contributed by atoms with E-state index in [2.05, 4.69) is 5.32 Å². The summed E-state index contributed by atoms with van der Waals surface area (Å²) >= 11 is 0. The van der Waals surface area contributed by atoms with Gasteiger partial charge in [0.25, 0.3) is 5.91 Å². The smallest absolute Gasteiger partial charge is 0.415 e. The van der Waals surface area contributed by atoms with Crippen molar-refractivity contribution in [2.45, 2.75) is 57.3 Å². The van der Waals surface area contributed by atoms with E-state index in [0.717, 1.165) is 5.56 Å². The minimum atomic E-state index is -3.92. The number of carbonyl (C=O) groups excluding carboxylic acids is 2. The molecule has 1 unspecified atom stereocenters. The zero-order valence-electron chi connectivity index (χ0n) is 26.5. The summed E-state index contributed by atoms with van der Waals surface area (Å²) < 4.78 is 45.6. The first-order chi connectivity index (χ1) is 21.9. The number of aliphatic hydroxyl groups excluding tert-OH is 1. The molecule has 11 nitrogen and oxygen atoms in total. The van der Waals surface area contributed by atoms with Crippen LogP contribution in [0.2, 0.25) is 0 Å². The number of aliphatic hydroxyl groups is 1. The number of anilines is 1. The molecule has 0 aromatic heterocycles. The number of cyclic esters (lactones) is 1. The predicted molar refractivity (Wildman–Crippen MR) is 172 cm³/mol. The molecule has 2 aliphatic rings. The molecule has 0 aliphatic carbocycles. The predicted octanol–water partition coefficient (Wildman–Crippen LogP) is 4.50. The Bertz CT molecular complexity index is 1630. The molecule has 3 aromatic carbocycles. The Kier molecular flexibility index (Phi) is 10.2. The van der Waals surface area contributed by atoms with Crippen molar-refractivity contribution < 1.29 is 37.3 Å². The van der Waals surface area contributed by atoms with Gasteiger partial charge < -0.3 is 24.6 Å². The number of benzene rings is 3. The Morgan fingerprint density at radius 2 is 1.67 bits per heavy atom. The molecule has 0 saturated carbocycles. The maximum atomic E-state index is 13.9. The summed E-state index contributed by atoms with van der Waals surface area (Å²) in [5, 5.41) is 12.9.